The summed E-state index contributed by atoms with van der Waals surface area (Å²) in [6, 6.07) is 19.1. The van der Waals surface area contributed by atoms with Crippen LogP contribution >= 0.6 is 12.8 Å². The predicted octanol–water partition coefficient (Wildman–Crippen LogP) is 4.40. The van der Waals surface area contributed by atoms with Gasteiger partial charge in [0.2, 0.25) is 5.95 Å². The van der Waals surface area contributed by atoms with Crippen molar-refractivity contribution in [1.82, 2.24) is 9.97 Å². The lowest BCUT2D eigenvalue weighted by Crippen LogP contribution is -2.27. The normalized spacial score (nSPS) is 10.5. The van der Waals surface area contributed by atoms with Gasteiger partial charge in [-0.05, 0) is 42.5 Å². The van der Waals surface area contributed by atoms with Gasteiger partial charge in [0.05, 0.1) is 22.5 Å². The van der Waals surface area contributed by atoms with Crippen molar-refractivity contribution in [2.45, 2.75) is 0 Å². The van der Waals surface area contributed by atoms with E-state index in [4.69, 9.17) is 5.11 Å². The molecular formula is C22H17N5O4S. The Kier molecular flexibility index (Phi) is 5.77. The average Bonchev–Trinajstić information content (AvgIpc) is 3.22. The molecule has 3 amide bonds. The number of carboxylic acid groups (broad SMARTS) is 1. The van der Waals surface area contributed by atoms with Crippen LogP contribution < -0.4 is 14.9 Å². The van der Waals surface area contributed by atoms with Crippen molar-refractivity contribution in [1.29, 1.82) is 0 Å². The van der Waals surface area contributed by atoms with Crippen molar-refractivity contribution in [2.75, 3.05) is 14.9 Å². The molecule has 0 saturated heterocycles. The van der Waals surface area contributed by atoms with Crippen LogP contribution in [0.4, 0.5) is 22.1 Å². The number of fused-ring (bicyclic) bond motifs is 1. The highest BCUT2D eigenvalue weighted by Crippen LogP contribution is 2.25. The molecule has 0 bridgehead atoms. The first kappa shape index (κ1) is 20.9. The van der Waals surface area contributed by atoms with Gasteiger partial charge in [0, 0.05) is 5.56 Å². The second-order valence-electron chi connectivity index (χ2n) is 6.70. The van der Waals surface area contributed by atoms with Crippen molar-refractivity contribution in [3.8, 4) is 0 Å². The summed E-state index contributed by atoms with van der Waals surface area (Å²) >= 11 is 4.19. The van der Waals surface area contributed by atoms with E-state index in [0.717, 1.165) is 4.31 Å². The van der Waals surface area contributed by atoms with Gasteiger partial charge in [-0.25, -0.2) is 18.9 Å². The molecule has 1 aromatic heterocycles. The second kappa shape index (κ2) is 8.82. The number of aromatic nitrogens is 2. The van der Waals surface area contributed by atoms with Crippen LogP contribution in [-0.2, 0) is 0 Å². The minimum atomic E-state index is -1.11. The van der Waals surface area contributed by atoms with Gasteiger partial charge in [-0.1, -0.05) is 43.1 Å². The lowest BCUT2D eigenvalue weighted by atomic mass is 10.2. The Hall–Kier alpha value is -4.31. The number of amides is 3. The maximum atomic E-state index is 12.7. The summed E-state index contributed by atoms with van der Waals surface area (Å²) in [4.78, 5) is 43.6. The predicted molar refractivity (Wildman–Crippen MR) is 124 cm³/mol. The SMILES string of the molecule is O=C(O)c1cccc(N(S)C(=O)Nc2cccc3[nH]c(NC(=O)c4ccccc4)nc23)c1. The van der Waals surface area contributed by atoms with E-state index in [-0.39, 0.29) is 23.1 Å². The number of para-hydroxylation sites is 1. The summed E-state index contributed by atoms with van der Waals surface area (Å²) in [7, 11) is 0. The van der Waals surface area contributed by atoms with Gasteiger partial charge < -0.3 is 15.4 Å². The Morgan fingerprint density at radius 2 is 1.62 bits per heavy atom. The molecule has 0 fully saturated rings. The number of aromatic amines is 1. The summed E-state index contributed by atoms with van der Waals surface area (Å²) in [6.07, 6.45) is 0. The van der Waals surface area contributed by atoms with Gasteiger partial charge in [-0.15, -0.1) is 0 Å². The van der Waals surface area contributed by atoms with Gasteiger partial charge in [0.25, 0.3) is 5.91 Å². The smallest absolute Gasteiger partial charge is 0.336 e. The van der Waals surface area contributed by atoms with E-state index >= 15 is 0 Å². The van der Waals surface area contributed by atoms with Crippen LogP contribution in [0, 0.1) is 0 Å². The molecule has 3 aromatic carbocycles. The first-order chi connectivity index (χ1) is 15.4. The fourth-order valence-electron chi connectivity index (χ4n) is 3.02. The zero-order valence-electron chi connectivity index (χ0n) is 16.4. The molecule has 32 heavy (non-hydrogen) atoms. The number of hydrogen-bond acceptors (Lipinski definition) is 5. The number of nitrogens with one attached hydrogen (secondary N) is 3. The Morgan fingerprint density at radius 1 is 0.906 bits per heavy atom. The molecule has 9 nitrogen and oxygen atoms in total. The Labute approximate surface area is 187 Å². The highest BCUT2D eigenvalue weighted by atomic mass is 32.1. The monoisotopic (exact) mass is 447 g/mol. The number of anilines is 3. The fourth-order valence-corrected chi connectivity index (χ4v) is 3.19. The second-order valence-corrected chi connectivity index (χ2v) is 7.10. The van der Waals surface area contributed by atoms with Gasteiger partial charge in [-0.2, -0.15) is 0 Å². The van der Waals surface area contributed by atoms with E-state index in [1.54, 1.807) is 48.5 Å². The van der Waals surface area contributed by atoms with Crippen molar-refractivity contribution in [2.24, 2.45) is 0 Å². The van der Waals surface area contributed by atoms with Crippen molar-refractivity contribution in [3.05, 3.63) is 83.9 Å². The minimum absolute atomic E-state index is 0.0301. The van der Waals surface area contributed by atoms with Crippen LogP contribution in [0.2, 0.25) is 0 Å². The summed E-state index contributed by atoms with van der Waals surface area (Å²) in [5.41, 5.74) is 2.22. The Bertz CT molecular complexity index is 1320. The number of aromatic carboxylic acids is 1. The van der Waals surface area contributed by atoms with E-state index in [0.29, 0.717) is 22.3 Å². The van der Waals surface area contributed by atoms with E-state index in [1.165, 1.54) is 18.2 Å². The third kappa shape index (κ3) is 4.40. The molecule has 0 radical (unpaired) electrons. The molecule has 160 valence electrons. The molecule has 4 N–H and O–H groups in total. The average molecular weight is 447 g/mol. The van der Waals surface area contributed by atoms with Crippen LogP contribution in [0.5, 0.6) is 0 Å². The highest BCUT2D eigenvalue weighted by molar-refractivity contribution is 7.82. The zero-order chi connectivity index (χ0) is 22.7. The van der Waals surface area contributed by atoms with Crippen LogP contribution in [0.15, 0.2) is 72.8 Å². The number of hydrogen-bond donors (Lipinski definition) is 5. The first-order valence-electron chi connectivity index (χ1n) is 9.41. The molecular weight excluding hydrogens is 430 g/mol. The molecule has 4 aromatic rings. The van der Waals surface area contributed by atoms with E-state index in [2.05, 4.69) is 33.4 Å². The molecule has 0 aliphatic heterocycles. The number of urea groups is 1. The number of carbonyl (C=O) groups is 3. The third-order valence-corrected chi connectivity index (χ3v) is 4.96. The standard InChI is InChI=1S/C22H17N5O4S/c28-19(13-6-2-1-3-7-13)26-21-23-16-10-5-11-17(18(16)25-21)24-22(31)27(32)15-9-4-8-14(12-15)20(29)30/h1-12,32H,(H,24,31)(H,29,30)(H2,23,25,26,28). The topological polar surface area (TPSA) is 127 Å². The maximum Gasteiger partial charge on any atom is 0.336 e. The van der Waals surface area contributed by atoms with Crippen molar-refractivity contribution in [3.63, 3.8) is 0 Å². The van der Waals surface area contributed by atoms with E-state index in [1.807, 2.05) is 6.07 Å². The number of thiol groups is 1. The molecule has 0 atom stereocenters. The molecule has 0 aliphatic carbocycles. The number of nitrogens with zero attached hydrogens (tertiary/aromatic N) is 2. The molecule has 0 unspecified atom stereocenters. The highest BCUT2D eigenvalue weighted by Gasteiger charge is 2.17. The summed E-state index contributed by atoms with van der Waals surface area (Å²) in [5.74, 6) is -1.21. The fraction of sp³-hybridized carbons (Fsp3) is 0. The number of H-pyrrole nitrogens is 1. The van der Waals surface area contributed by atoms with Gasteiger partial charge in [-0.3, -0.25) is 10.1 Å². The van der Waals surface area contributed by atoms with E-state index in [9.17, 15) is 14.4 Å². The van der Waals surface area contributed by atoms with Gasteiger partial charge in [0.15, 0.2) is 0 Å². The van der Waals surface area contributed by atoms with Crippen LogP contribution in [-0.4, -0.2) is 33.0 Å². The van der Waals surface area contributed by atoms with Gasteiger partial charge >= 0.3 is 12.0 Å². The lowest BCUT2D eigenvalue weighted by Gasteiger charge is -2.17. The molecule has 1 heterocycles. The molecule has 0 saturated carbocycles. The molecule has 0 spiro atoms. The molecule has 0 aliphatic rings. The zero-order valence-corrected chi connectivity index (χ0v) is 17.3. The largest absolute Gasteiger partial charge is 0.478 e. The number of rotatable bonds is 5. The van der Waals surface area contributed by atoms with Crippen LogP contribution in [0.3, 0.4) is 0 Å². The number of imidazole rings is 1. The lowest BCUT2D eigenvalue weighted by molar-refractivity contribution is 0.0696. The van der Waals surface area contributed by atoms with Crippen molar-refractivity contribution < 1.29 is 19.5 Å². The first-order valence-corrected chi connectivity index (χ1v) is 9.81. The van der Waals surface area contributed by atoms with Crippen molar-refractivity contribution >= 4 is 59.1 Å². The number of carboxylic acids is 1. The van der Waals surface area contributed by atoms with Gasteiger partial charge in [0.1, 0.15) is 5.52 Å². The summed E-state index contributed by atoms with van der Waals surface area (Å²) in [6.45, 7) is 0. The number of carbonyl (C=O) groups excluding carboxylic acids is 2. The number of benzene rings is 3. The van der Waals surface area contributed by atoms with Crippen LogP contribution in [0.1, 0.15) is 20.7 Å². The molecule has 4 rings (SSSR count). The quantitative estimate of drug-likeness (QED) is 0.290. The third-order valence-electron chi connectivity index (χ3n) is 4.55. The Morgan fingerprint density at radius 3 is 2.38 bits per heavy atom. The minimum Gasteiger partial charge on any atom is -0.478 e. The van der Waals surface area contributed by atoms with E-state index < -0.39 is 12.0 Å². The Balaban J connectivity index is 1.54. The summed E-state index contributed by atoms with van der Waals surface area (Å²) < 4.78 is 0.996. The summed E-state index contributed by atoms with van der Waals surface area (Å²) in [5, 5.41) is 14.5. The maximum absolute atomic E-state index is 12.7. The molecule has 10 heteroatoms. The van der Waals surface area contributed by atoms with Crippen LogP contribution in [0.25, 0.3) is 11.0 Å².